The van der Waals surface area contributed by atoms with Crippen LogP contribution < -0.4 is 10.6 Å². The zero-order valence-electron chi connectivity index (χ0n) is 16.6. The molecule has 2 heterocycles. The number of fused-ring (bicyclic) bond motifs is 1. The van der Waals surface area contributed by atoms with Crippen molar-refractivity contribution in [2.24, 2.45) is 0 Å². The third kappa shape index (κ3) is 4.86. The molecule has 0 aliphatic heterocycles. The quantitative estimate of drug-likeness (QED) is 0.577. The molecule has 1 aliphatic rings. The molecule has 2 aromatic heterocycles. The molecule has 4 rings (SSSR count). The van der Waals surface area contributed by atoms with Gasteiger partial charge in [-0.25, -0.2) is 9.97 Å². The normalized spacial score (nSPS) is 12.3. The highest BCUT2D eigenvalue weighted by molar-refractivity contribution is 7.98. The maximum Gasteiger partial charge on any atom is 0.258 e. The highest BCUT2D eigenvalue weighted by Gasteiger charge is 2.15. The van der Waals surface area contributed by atoms with Gasteiger partial charge in [-0.2, -0.15) is 0 Å². The number of anilines is 2. The number of amides is 2. The Balaban J connectivity index is 1.46. The smallest absolute Gasteiger partial charge is 0.258 e. The van der Waals surface area contributed by atoms with Crippen molar-refractivity contribution in [3.05, 3.63) is 77.1 Å². The van der Waals surface area contributed by atoms with Crippen LogP contribution >= 0.6 is 11.8 Å². The van der Waals surface area contributed by atoms with E-state index in [1.165, 1.54) is 36.2 Å². The van der Waals surface area contributed by atoms with Crippen LogP contribution in [0.1, 0.15) is 40.4 Å². The number of aryl methyl sites for hydroxylation is 2. The average Bonchev–Trinajstić information content (AvgIpc) is 3.20. The van der Waals surface area contributed by atoms with Gasteiger partial charge < -0.3 is 10.6 Å². The summed E-state index contributed by atoms with van der Waals surface area (Å²) < 4.78 is 0. The number of aromatic nitrogens is 2. The van der Waals surface area contributed by atoms with Crippen LogP contribution in [0.2, 0.25) is 0 Å². The zero-order valence-corrected chi connectivity index (χ0v) is 17.5. The lowest BCUT2D eigenvalue weighted by molar-refractivity contribution is -0.114. The number of nitrogens with one attached hydrogen (secondary N) is 2. The molecular weight excluding hydrogens is 396 g/mol. The molecular formula is C23H22N4O2S. The predicted octanol–water partition coefficient (Wildman–Crippen LogP) is 4.47. The molecule has 30 heavy (non-hydrogen) atoms. The molecule has 0 saturated carbocycles. The molecule has 6 nitrogen and oxygen atoms in total. The topological polar surface area (TPSA) is 84.0 Å². The van der Waals surface area contributed by atoms with E-state index >= 15 is 0 Å². The third-order valence-electron chi connectivity index (χ3n) is 4.88. The molecule has 2 N–H and O–H groups in total. The van der Waals surface area contributed by atoms with E-state index < -0.39 is 0 Å². The van der Waals surface area contributed by atoms with Gasteiger partial charge in [0.05, 0.1) is 5.56 Å². The summed E-state index contributed by atoms with van der Waals surface area (Å²) >= 11 is 1.47. The van der Waals surface area contributed by atoms with E-state index in [2.05, 4.69) is 32.7 Å². The summed E-state index contributed by atoms with van der Waals surface area (Å²) in [6.07, 6.45) is 6.70. The van der Waals surface area contributed by atoms with Crippen molar-refractivity contribution >= 4 is 35.1 Å². The number of nitrogens with zero attached hydrogens (tertiary/aromatic N) is 2. The summed E-state index contributed by atoms with van der Waals surface area (Å²) in [5.74, 6) is 0.779. The second kappa shape index (κ2) is 9.09. The molecule has 152 valence electrons. The summed E-state index contributed by atoms with van der Waals surface area (Å²) in [5.41, 5.74) is 5.03. The minimum absolute atomic E-state index is 0.164. The summed E-state index contributed by atoms with van der Waals surface area (Å²) in [6, 6.07) is 13.4. The fraction of sp³-hybridized carbons (Fsp3) is 0.217. The highest BCUT2D eigenvalue weighted by atomic mass is 32.2. The molecule has 0 spiro atoms. The van der Waals surface area contributed by atoms with Gasteiger partial charge >= 0.3 is 0 Å². The molecule has 0 fully saturated rings. The molecule has 2 amide bonds. The van der Waals surface area contributed by atoms with Crippen LogP contribution in [0.25, 0.3) is 0 Å². The Bertz CT molecular complexity index is 1100. The molecule has 0 atom stereocenters. The fourth-order valence-corrected chi connectivity index (χ4v) is 4.43. The SMILES string of the molecule is CC(=O)Nc1cc(CSc2ncccc2C(=O)Nc2ccc3c(c2)CCC3)ccn1. The second-order valence-corrected chi connectivity index (χ2v) is 8.13. The van der Waals surface area contributed by atoms with E-state index in [4.69, 9.17) is 0 Å². The predicted molar refractivity (Wildman–Crippen MR) is 119 cm³/mol. The van der Waals surface area contributed by atoms with E-state index in [1.54, 1.807) is 24.5 Å². The van der Waals surface area contributed by atoms with Gasteiger partial charge in [0.1, 0.15) is 10.8 Å². The van der Waals surface area contributed by atoms with Gasteiger partial charge in [0.15, 0.2) is 0 Å². The van der Waals surface area contributed by atoms with Crippen molar-refractivity contribution in [2.45, 2.75) is 37.0 Å². The number of hydrogen-bond acceptors (Lipinski definition) is 5. The first-order valence-corrected chi connectivity index (χ1v) is 10.8. The van der Waals surface area contributed by atoms with E-state index in [-0.39, 0.29) is 11.8 Å². The van der Waals surface area contributed by atoms with Crippen LogP contribution in [0.3, 0.4) is 0 Å². The van der Waals surface area contributed by atoms with Gasteiger partial charge in [0, 0.05) is 30.8 Å². The minimum atomic E-state index is -0.169. The maximum absolute atomic E-state index is 12.9. The van der Waals surface area contributed by atoms with Crippen molar-refractivity contribution < 1.29 is 9.59 Å². The number of hydrogen-bond donors (Lipinski definition) is 2. The first-order valence-electron chi connectivity index (χ1n) is 9.82. The monoisotopic (exact) mass is 418 g/mol. The van der Waals surface area contributed by atoms with Gasteiger partial charge in [-0.1, -0.05) is 6.07 Å². The number of benzene rings is 1. The third-order valence-corrected chi connectivity index (χ3v) is 5.95. The fourth-order valence-electron chi connectivity index (χ4n) is 3.49. The largest absolute Gasteiger partial charge is 0.322 e. The van der Waals surface area contributed by atoms with Crippen LogP contribution in [0.15, 0.2) is 59.9 Å². The average molecular weight is 419 g/mol. The number of carbonyl (C=O) groups excluding carboxylic acids is 2. The molecule has 3 aromatic rings. The number of carbonyl (C=O) groups is 2. The van der Waals surface area contributed by atoms with Gasteiger partial charge in [0.2, 0.25) is 5.91 Å². The van der Waals surface area contributed by atoms with Crippen molar-refractivity contribution in [1.29, 1.82) is 0 Å². The molecule has 0 bridgehead atoms. The van der Waals surface area contributed by atoms with Crippen molar-refractivity contribution in [3.63, 3.8) is 0 Å². The first kappa shape index (κ1) is 20.1. The van der Waals surface area contributed by atoms with Crippen molar-refractivity contribution in [1.82, 2.24) is 9.97 Å². The van der Waals surface area contributed by atoms with Gasteiger partial charge in [-0.15, -0.1) is 11.8 Å². The Kier molecular flexibility index (Phi) is 6.09. The van der Waals surface area contributed by atoms with Crippen LogP contribution in [0.5, 0.6) is 0 Å². The second-order valence-electron chi connectivity index (χ2n) is 7.17. The van der Waals surface area contributed by atoms with E-state index in [9.17, 15) is 9.59 Å². The Morgan fingerprint density at radius 1 is 1.00 bits per heavy atom. The number of rotatable bonds is 6. The number of pyridine rings is 2. The minimum Gasteiger partial charge on any atom is -0.322 e. The summed E-state index contributed by atoms with van der Waals surface area (Å²) in [6.45, 7) is 1.45. The zero-order chi connectivity index (χ0) is 20.9. The Morgan fingerprint density at radius 3 is 2.73 bits per heavy atom. The summed E-state index contributed by atoms with van der Waals surface area (Å²) in [7, 11) is 0. The molecule has 0 radical (unpaired) electrons. The summed E-state index contributed by atoms with van der Waals surface area (Å²) in [4.78, 5) is 32.7. The van der Waals surface area contributed by atoms with E-state index in [0.717, 1.165) is 24.1 Å². The molecule has 7 heteroatoms. The molecule has 1 aliphatic carbocycles. The molecule has 0 saturated heterocycles. The van der Waals surface area contributed by atoms with Crippen molar-refractivity contribution in [3.8, 4) is 0 Å². The molecule has 1 aromatic carbocycles. The lowest BCUT2D eigenvalue weighted by Gasteiger charge is -2.11. The Labute approximate surface area is 179 Å². The van der Waals surface area contributed by atoms with Crippen molar-refractivity contribution in [2.75, 3.05) is 10.6 Å². The molecule has 0 unspecified atom stereocenters. The van der Waals surface area contributed by atoms with Gasteiger partial charge in [-0.3, -0.25) is 9.59 Å². The standard InChI is InChI=1S/C23H22N4O2S/c1-15(28)26-21-12-16(9-11-24-21)14-30-23-20(6-3-10-25-23)22(29)27-19-8-7-17-4-2-5-18(17)13-19/h3,6-13H,2,4-5,14H2,1H3,(H,27,29)(H,24,26,28). The van der Waals surface area contributed by atoms with Crippen LogP contribution in [0, 0.1) is 0 Å². The van der Waals surface area contributed by atoms with E-state index in [0.29, 0.717) is 22.2 Å². The summed E-state index contributed by atoms with van der Waals surface area (Å²) in [5, 5.41) is 6.35. The highest BCUT2D eigenvalue weighted by Crippen LogP contribution is 2.27. The van der Waals surface area contributed by atoms with Gasteiger partial charge in [-0.05, 0) is 72.4 Å². The lowest BCUT2D eigenvalue weighted by atomic mass is 10.1. The Hall–Kier alpha value is -3.19. The maximum atomic E-state index is 12.9. The lowest BCUT2D eigenvalue weighted by Crippen LogP contribution is -2.14. The van der Waals surface area contributed by atoms with Crippen LogP contribution in [-0.2, 0) is 23.4 Å². The van der Waals surface area contributed by atoms with Gasteiger partial charge in [0.25, 0.3) is 5.91 Å². The first-order chi connectivity index (χ1) is 14.6. The van der Waals surface area contributed by atoms with Crippen LogP contribution in [0.4, 0.5) is 11.5 Å². The Morgan fingerprint density at radius 2 is 1.87 bits per heavy atom. The number of thioether (sulfide) groups is 1. The van der Waals surface area contributed by atoms with E-state index in [1.807, 2.05) is 18.2 Å². The van der Waals surface area contributed by atoms with Crippen LogP contribution in [-0.4, -0.2) is 21.8 Å².